The summed E-state index contributed by atoms with van der Waals surface area (Å²) in [6.45, 7) is 1.77. The van der Waals surface area contributed by atoms with Gasteiger partial charge in [0.05, 0.1) is 19.4 Å². The van der Waals surface area contributed by atoms with Crippen LogP contribution >= 0.6 is 0 Å². The van der Waals surface area contributed by atoms with E-state index < -0.39 is 5.91 Å². The van der Waals surface area contributed by atoms with Crippen molar-refractivity contribution >= 4 is 11.8 Å². The molecule has 7 heteroatoms. The number of aromatic nitrogens is 1. The van der Waals surface area contributed by atoms with Crippen LogP contribution in [0.1, 0.15) is 21.9 Å². The summed E-state index contributed by atoms with van der Waals surface area (Å²) in [6, 6.07) is 12.7. The Morgan fingerprint density at radius 3 is 2.60 bits per heavy atom. The molecule has 0 spiro atoms. The highest BCUT2D eigenvalue weighted by atomic mass is 16.5. The van der Waals surface area contributed by atoms with Crippen LogP contribution in [0.4, 0.5) is 0 Å². The maximum atomic E-state index is 12.4. The van der Waals surface area contributed by atoms with Crippen LogP contribution < -0.4 is 10.6 Å². The summed E-state index contributed by atoms with van der Waals surface area (Å²) in [6.07, 6.45) is 1.53. The first-order valence-electron chi connectivity index (χ1n) is 7.74. The van der Waals surface area contributed by atoms with Gasteiger partial charge in [-0.1, -0.05) is 35.5 Å². The molecule has 0 atom stereocenters. The highest BCUT2D eigenvalue weighted by molar-refractivity contribution is 6.02. The summed E-state index contributed by atoms with van der Waals surface area (Å²) in [5.41, 5.74) is 1.54. The Balaban J connectivity index is 1.62. The summed E-state index contributed by atoms with van der Waals surface area (Å²) in [4.78, 5) is 24.3. The van der Waals surface area contributed by atoms with Gasteiger partial charge in [0.2, 0.25) is 5.91 Å². The van der Waals surface area contributed by atoms with Crippen molar-refractivity contribution in [1.82, 2.24) is 15.8 Å². The second-order valence-corrected chi connectivity index (χ2v) is 5.37. The molecule has 0 bridgehead atoms. The summed E-state index contributed by atoms with van der Waals surface area (Å²) in [5, 5.41) is 9.20. The number of furan rings is 1. The molecular weight excluding hydrogens is 322 g/mol. The Bertz CT molecular complexity index is 854. The van der Waals surface area contributed by atoms with Gasteiger partial charge in [-0.25, -0.2) is 0 Å². The minimum Gasteiger partial charge on any atom is -0.467 e. The Labute approximate surface area is 144 Å². The number of carbonyl (C=O) groups excluding carboxylic acids is 2. The fourth-order valence-corrected chi connectivity index (χ4v) is 2.34. The fourth-order valence-electron chi connectivity index (χ4n) is 2.34. The Kier molecular flexibility index (Phi) is 4.94. The van der Waals surface area contributed by atoms with E-state index >= 15 is 0 Å². The van der Waals surface area contributed by atoms with Crippen LogP contribution in [0, 0.1) is 6.92 Å². The number of aryl methyl sites for hydroxylation is 1. The van der Waals surface area contributed by atoms with Gasteiger partial charge in [-0.05, 0) is 19.1 Å². The van der Waals surface area contributed by atoms with Gasteiger partial charge in [-0.15, -0.1) is 0 Å². The normalized spacial score (nSPS) is 10.4. The van der Waals surface area contributed by atoms with E-state index in [9.17, 15) is 9.59 Å². The molecule has 7 nitrogen and oxygen atoms in total. The number of nitrogens with one attached hydrogen (secondary N) is 2. The van der Waals surface area contributed by atoms with Crippen LogP contribution in [-0.4, -0.2) is 23.5 Å². The predicted molar refractivity (Wildman–Crippen MR) is 89.6 cm³/mol. The van der Waals surface area contributed by atoms with Crippen molar-refractivity contribution in [2.45, 2.75) is 13.5 Å². The van der Waals surface area contributed by atoms with E-state index in [0.717, 1.165) is 5.56 Å². The quantitative estimate of drug-likeness (QED) is 0.718. The monoisotopic (exact) mass is 339 g/mol. The van der Waals surface area contributed by atoms with Crippen molar-refractivity contribution in [3.8, 4) is 11.3 Å². The highest BCUT2D eigenvalue weighted by Crippen LogP contribution is 2.24. The van der Waals surface area contributed by atoms with Crippen molar-refractivity contribution < 1.29 is 18.5 Å². The third-order valence-electron chi connectivity index (χ3n) is 3.59. The zero-order valence-electron chi connectivity index (χ0n) is 13.6. The fraction of sp³-hybridized carbons (Fsp3) is 0.167. The van der Waals surface area contributed by atoms with Crippen LogP contribution in [0.25, 0.3) is 11.3 Å². The Morgan fingerprint density at radius 1 is 1.08 bits per heavy atom. The van der Waals surface area contributed by atoms with E-state index in [0.29, 0.717) is 22.8 Å². The van der Waals surface area contributed by atoms with Gasteiger partial charge in [0.1, 0.15) is 22.8 Å². The standard InChI is InChI=1S/C18H17N3O4/c1-12-16(17(21-25-12)13-6-3-2-4-7-13)18(23)20-11-15(22)19-10-14-8-5-9-24-14/h2-9H,10-11H2,1H3,(H,19,22)(H,20,23). The number of rotatable bonds is 6. The van der Waals surface area contributed by atoms with Crippen LogP contribution in [0.2, 0.25) is 0 Å². The summed E-state index contributed by atoms with van der Waals surface area (Å²) in [7, 11) is 0. The molecule has 3 aromatic rings. The van der Waals surface area contributed by atoms with E-state index in [2.05, 4.69) is 15.8 Å². The van der Waals surface area contributed by atoms with E-state index in [-0.39, 0.29) is 19.0 Å². The van der Waals surface area contributed by atoms with E-state index in [1.54, 1.807) is 19.1 Å². The minimum atomic E-state index is -0.411. The van der Waals surface area contributed by atoms with Crippen molar-refractivity contribution in [2.24, 2.45) is 0 Å². The van der Waals surface area contributed by atoms with Crippen LogP contribution in [0.3, 0.4) is 0 Å². The van der Waals surface area contributed by atoms with Gasteiger partial charge in [0.25, 0.3) is 5.91 Å². The number of nitrogens with zero attached hydrogens (tertiary/aromatic N) is 1. The molecule has 1 aromatic carbocycles. The molecule has 2 heterocycles. The van der Waals surface area contributed by atoms with Crippen molar-refractivity contribution in [3.63, 3.8) is 0 Å². The minimum absolute atomic E-state index is 0.154. The number of amides is 2. The molecule has 0 aliphatic heterocycles. The van der Waals surface area contributed by atoms with Gasteiger partial charge in [-0.3, -0.25) is 9.59 Å². The molecule has 0 radical (unpaired) electrons. The molecular formula is C18H17N3O4. The molecule has 0 saturated heterocycles. The Hall–Kier alpha value is -3.35. The highest BCUT2D eigenvalue weighted by Gasteiger charge is 2.21. The molecule has 128 valence electrons. The van der Waals surface area contributed by atoms with E-state index in [4.69, 9.17) is 8.94 Å². The lowest BCUT2D eigenvalue weighted by molar-refractivity contribution is -0.120. The molecule has 0 saturated carbocycles. The smallest absolute Gasteiger partial charge is 0.257 e. The first kappa shape index (κ1) is 16.5. The molecule has 0 fully saturated rings. The van der Waals surface area contributed by atoms with E-state index in [1.165, 1.54) is 6.26 Å². The molecule has 0 aliphatic carbocycles. The topological polar surface area (TPSA) is 97.4 Å². The second kappa shape index (κ2) is 7.48. The lowest BCUT2D eigenvalue weighted by Crippen LogP contribution is -2.36. The number of benzene rings is 1. The Morgan fingerprint density at radius 2 is 1.88 bits per heavy atom. The molecule has 3 rings (SSSR count). The molecule has 0 unspecified atom stereocenters. The average Bonchev–Trinajstić information content (AvgIpc) is 3.28. The average molecular weight is 339 g/mol. The summed E-state index contributed by atoms with van der Waals surface area (Å²) in [5.74, 6) is 0.305. The van der Waals surface area contributed by atoms with Crippen molar-refractivity contribution in [1.29, 1.82) is 0 Å². The predicted octanol–water partition coefficient (Wildman–Crippen LogP) is 2.29. The van der Waals surface area contributed by atoms with E-state index in [1.807, 2.05) is 30.3 Å². The summed E-state index contributed by atoms with van der Waals surface area (Å²) < 4.78 is 10.3. The third kappa shape index (κ3) is 3.95. The third-order valence-corrected chi connectivity index (χ3v) is 3.59. The molecule has 25 heavy (non-hydrogen) atoms. The first-order chi connectivity index (χ1) is 12.1. The van der Waals surface area contributed by atoms with Gasteiger partial charge in [-0.2, -0.15) is 0 Å². The van der Waals surface area contributed by atoms with Gasteiger partial charge < -0.3 is 19.6 Å². The van der Waals surface area contributed by atoms with Crippen LogP contribution in [0.15, 0.2) is 57.7 Å². The summed E-state index contributed by atoms with van der Waals surface area (Å²) >= 11 is 0. The van der Waals surface area contributed by atoms with Crippen LogP contribution in [-0.2, 0) is 11.3 Å². The van der Waals surface area contributed by atoms with Crippen LogP contribution in [0.5, 0.6) is 0 Å². The SMILES string of the molecule is Cc1onc(-c2ccccc2)c1C(=O)NCC(=O)NCc1ccco1. The maximum Gasteiger partial charge on any atom is 0.257 e. The largest absolute Gasteiger partial charge is 0.467 e. The molecule has 0 aliphatic rings. The maximum absolute atomic E-state index is 12.4. The van der Waals surface area contributed by atoms with Gasteiger partial charge in [0.15, 0.2) is 0 Å². The second-order valence-electron chi connectivity index (χ2n) is 5.37. The first-order valence-corrected chi connectivity index (χ1v) is 7.74. The lowest BCUT2D eigenvalue weighted by atomic mass is 10.1. The number of carbonyl (C=O) groups is 2. The molecule has 2 N–H and O–H groups in total. The lowest BCUT2D eigenvalue weighted by Gasteiger charge is -2.06. The van der Waals surface area contributed by atoms with Crippen molar-refractivity contribution in [2.75, 3.05) is 6.54 Å². The van der Waals surface area contributed by atoms with Gasteiger partial charge >= 0.3 is 0 Å². The number of hydrogen-bond donors (Lipinski definition) is 2. The van der Waals surface area contributed by atoms with Crippen molar-refractivity contribution in [3.05, 3.63) is 65.8 Å². The van der Waals surface area contributed by atoms with Gasteiger partial charge in [0, 0.05) is 5.56 Å². The zero-order valence-corrected chi connectivity index (χ0v) is 13.6. The zero-order chi connectivity index (χ0) is 17.6. The molecule has 2 amide bonds. The molecule has 2 aromatic heterocycles. The number of hydrogen-bond acceptors (Lipinski definition) is 5.